The second kappa shape index (κ2) is 12.8. The smallest absolute Gasteiger partial charge is 0.256 e. The topological polar surface area (TPSA) is 56.4 Å². The molecule has 0 aromatic heterocycles. The molecule has 28 heavy (non-hydrogen) atoms. The van der Waals surface area contributed by atoms with Crippen molar-refractivity contribution < 1.29 is 4.79 Å². The molecular formula is C22H44N4OS. The van der Waals surface area contributed by atoms with Gasteiger partial charge in [0.05, 0.1) is 0 Å². The van der Waals surface area contributed by atoms with E-state index in [0.29, 0.717) is 16.9 Å². The van der Waals surface area contributed by atoms with Crippen LogP contribution in [-0.4, -0.2) is 40.8 Å². The van der Waals surface area contributed by atoms with E-state index in [0.717, 1.165) is 25.9 Å². The van der Waals surface area contributed by atoms with Crippen LogP contribution < -0.4 is 16.0 Å². The third-order valence-electron chi connectivity index (χ3n) is 5.94. The second-order valence-electron chi connectivity index (χ2n) is 8.78. The van der Waals surface area contributed by atoms with Crippen molar-refractivity contribution in [3.05, 3.63) is 0 Å². The van der Waals surface area contributed by atoms with Gasteiger partial charge >= 0.3 is 0 Å². The Morgan fingerprint density at radius 2 is 1.43 bits per heavy atom. The molecule has 0 bridgehead atoms. The number of unbranched alkanes of at least 4 members (excludes halogenated alkanes) is 2. The molecule has 1 rings (SSSR count). The van der Waals surface area contributed by atoms with Gasteiger partial charge in [-0.1, -0.05) is 66.2 Å². The molecule has 1 saturated heterocycles. The van der Waals surface area contributed by atoms with Crippen molar-refractivity contribution in [1.82, 2.24) is 20.9 Å². The van der Waals surface area contributed by atoms with E-state index in [1.165, 1.54) is 38.5 Å². The molecule has 1 heterocycles. The van der Waals surface area contributed by atoms with Crippen LogP contribution in [0.5, 0.6) is 0 Å². The lowest BCUT2D eigenvalue weighted by Crippen LogP contribution is -2.59. The number of rotatable bonds is 15. The number of carbonyl (C=O) groups excluding carboxylic acids is 1. The van der Waals surface area contributed by atoms with E-state index in [9.17, 15) is 4.79 Å². The average molecular weight is 413 g/mol. The van der Waals surface area contributed by atoms with E-state index in [2.05, 4.69) is 43.6 Å². The van der Waals surface area contributed by atoms with Crippen molar-refractivity contribution in [2.45, 2.75) is 105 Å². The maximum atomic E-state index is 12.9. The summed E-state index contributed by atoms with van der Waals surface area (Å²) in [5, 5.41) is 10.9. The highest BCUT2D eigenvalue weighted by Crippen LogP contribution is 2.20. The minimum Gasteiger partial charge on any atom is -0.348 e. The molecule has 0 saturated carbocycles. The average Bonchev–Trinajstić information content (AvgIpc) is 2.87. The van der Waals surface area contributed by atoms with Crippen LogP contribution in [0.1, 0.15) is 92.9 Å². The molecule has 164 valence electrons. The molecule has 2 unspecified atom stereocenters. The summed E-state index contributed by atoms with van der Waals surface area (Å²) >= 11 is 5.51. The Bertz CT molecular complexity index is 463. The predicted molar refractivity (Wildman–Crippen MR) is 123 cm³/mol. The number of hydrogen-bond donors (Lipinski definition) is 3. The van der Waals surface area contributed by atoms with E-state index in [-0.39, 0.29) is 12.2 Å². The fourth-order valence-corrected chi connectivity index (χ4v) is 4.15. The van der Waals surface area contributed by atoms with Crippen LogP contribution >= 0.6 is 12.2 Å². The maximum Gasteiger partial charge on any atom is 0.256 e. The van der Waals surface area contributed by atoms with E-state index < -0.39 is 5.54 Å². The van der Waals surface area contributed by atoms with Crippen molar-refractivity contribution in [1.29, 1.82) is 0 Å². The molecule has 1 aliphatic rings. The van der Waals surface area contributed by atoms with Gasteiger partial charge in [0.1, 0.15) is 11.8 Å². The zero-order valence-electron chi connectivity index (χ0n) is 19.1. The summed E-state index contributed by atoms with van der Waals surface area (Å²) in [5.74, 6) is 1.28. The third kappa shape index (κ3) is 7.60. The van der Waals surface area contributed by atoms with E-state index >= 15 is 0 Å². The lowest BCUT2D eigenvalue weighted by molar-refractivity contribution is -0.132. The summed E-state index contributed by atoms with van der Waals surface area (Å²) in [6, 6.07) is 0. The van der Waals surface area contributed by atoms with Crippen LogP contribution in [0.3, 0.4) is 0 Å². The van der Waals surface area contributed by atoms with Crippen molar-refractivity contribution in [3.8, 4) is 0 Å². The minimum absolute atomic E-state index is 0.0331. The second-order valence-corrected chi connectivity index (χ2v) is 9.17. The standard InChI is InChI=1S/C22H44N4OS/c1-7-11-13-17(9-3)15-23-20(24-16-18(10-4)14-12-8-2)26-19(27)22(5,6)25-21(26)28/h17-18,20,23-24H,7-16H2,1-6H3,(H,25,28). The fourth-order valence-electron chi connectivity index (χ4n) is 3.71. The molecule has 1 amide bonds. The summed E-state index contributed by atoms with van der Waals surface area (Å²) in [5.41, 5.74) is -0.641. The number of amides is 1. The Kier molecular flexibility index (Phi) is 11.5. The van der Waals surface area contributed by atoms with Crippen molar-refractivity contribution >= 4 is 23.2 Å². The van der Waals surface area contributed by atoms with Gasteiger partial charge in [0.25, 0.3) is 5.91 Å². The molecule has 1 aliphatic heterocycles. The molecule has 0 aromatic carbocycles. The molecule has 0 aliphatic carbocycles. The van der Waals surface area contributed by atoms with Crippen LogP contribution in [0, 0.1) is 11.8 Å². The first-order valence-corrected chi connectivity index (χ1v) is 11.8. The van der Waals surface area contributed by atoms with Crippen LogP contribution in [0.25, 0.3) is 0 Å². The molecule has 6 heteroatoms. The fraction of sp³-hybridized carbons (Fsp3) is 0.909. The molecule has 0 aromatic rings. The molecule has 3 N–H and O–H groups in total. The Morgan fingerprint density at radius 3 is 1.75 bits per heavy atom. The largest absolute Gasteiger partial charge is 0.348 e. The van der Waals surface area contributed by atoms with Crippen LogP contribution in [-0.2, 0) is 4.79 Å². The monoisotopic (exact) mass is 412 g/mol. The van der Waals surface area contributed by atoms with Gasteiger partial charge in [0.2, 0.25) is 0 Å². The lowest BCUT2D eigenvalue weighted by atomic mass is 9.99. The van der Waals surface area contributed by atoms with Gasteiger partial charge < -0.3 is 5.32 Å². The summed E-state index contributed by atoms with van der Waals surface area (Å²) < 4.78 is 0. The predicted octanol–water partition coefficient (Wildman–Crippen LogP) is 4.38. The van der Waals surface area contributed by atoms with Crippen molar-refractivity contribution in [2.75, 3.05) is 13.1 Å². The number of nitrogens with zero attached hydrogens (tertiary/aromatic N) is 1. The first-order chi connectivity index (χ1) is 13.3. The molecular weight excluding hydrogens is 368 g/mol. The normalized spacial score (nSPS) is 19.6. The van der Waals surface area contributed by atoms with E-state index in [1.807, 2.05) is 13.8 Å². The molecule has 5 nitrogen and oxygen atoms in total. The van der Waals surface area contributed by atoms with Crippen LogP contribution in [0.4, 0.5) is 0 Å². The molecule has 0 spiro atoms. The van der Waals surface area contributed by atoms with Gasteiger partial charge in [-0.05, 0) is 50.7 Å². The number of thiocarbonyl (C=S) groups is 1. The van der Waals surface area contributed by atoms with Crippen LogP contribution in [0.2, 0.25) is 0 Å². The Hall–Kier alpha value is -0.720. The minimum atomic E-state index is -0.641. The Labute approximate surface area is 178 Å². The third-order valence-corrected chi connectivity index (χ3v) is 6.23. The highest BCUT2D eigenvalue weighted by molar-refractivity contribution is 7.80. The number of carbonyl (C=O) groups is 1. The van der Waals surface area contributed by atoms with E-state index in [4.69, 9.17) is 12.2 Å². The zero-order valence-corrected chi connectivity index (χ0v) is 19.9. The number of hydrogen-bond acceptors (Lipinski definition) is 4. The number of nitrogens with one attached hydrogen (secondary N) is 3. The zero-order chi connectivity index (χ0) is 21.2. The van der Waals surface area contributed by atoms with Gasteiger partial charge in [-0.3, -0.25) is 20.3 Å². The van der Waals surface area contributed by atoms with Crippen LogP contribution in [0.15, 0.2) is 0 Å². The first kappa shape index (κ1) is 25.3. The van der Waals surface area contributed by atoms with Crippen molar-refractivity contribution in [3.63, 3.8) is 0 Å². The van der Waals surface area contributed by atoms with Gasteiger partial charge in [0, 0.05) is 13.1 Å². The van der Waals surface area contributed by atoms with Crippen molar-refractivity contribution in [2.24, 2.45) is 11.8 Å². The lowest BCUT2D eigenvalue weighted by Gasteiger charge is -2.32. The first-order valence-electron chi connectivity index (χ1n) is 11.4. The van der Waals surface area contributed by atoms with E-state index in [1.54, 1.807) is 4.90 Å². The summed E-state index contributed by atoms with van der Waals surface area (Å²) in [7, 11) is 0. The highest BCUT2D eigenvalue weighted by atomic mass is 32.1. The van der Waals surface area contributed by atoms with Gasteiger partial charge in [-0.2, -0.15) is 0 Å². The van der Waals surface area contributed by atoms with Gasteiger partial charge in [-0.25, -0.2) is 0 Å². The van der Waals surface area contributed by atoms with Gasteiger partial charge in [-0.15, -0.1) is 0 Å². The maximum absolute atomic E-state index is 12.9. The summed E-state index contributed by atoms with van der Waals surface area (Å²) in [4.78, 5) is 14.7. The quantitative estimate of drug-likeness (QED) is 0.275. The SMILES string of the molecule is CCCCC(CC)CNC(NCC(CC)CCCC)N1C(=O)C(C)(C)NC1=S. The Morgan fingerprint density at radius 1 is 0.964 bits per heavy atom. The Balaban J connectivity index is 2.81. The molecule has 2 atom stereocenters. The molecule has 0 radical (unpaired) electrons. The molecule has 1 fully saturated rings. The summed E-state index contributed by atoms with van der Waals surface area (Å²) in [6.45, 7) is 14.5. The highest BCUT2D eigenvalue weighted by Gasteiger charge is 2.45. The van der Waals surface area contributed by atoms with Gasteiger partial charge in [0.15, 0.2) is 5.11 Å². The summed E-state index contributed by atoms with van der Waals surface area (Å²) in [6.07, 6.45) is 9.45.